The summed E-state index contributed by atoms with van der Waals surface area (Å²) in [6, 6.07) is 7.28. The minimum atomic E-state index is -1.04. The fraction of sp³-hybridized carbons (Fsp3) is 0.250. The van der Waals surface area contributed by atoms with Crippen LogP contribution in [-0.2, 0) is 20.9 Å². The van der Waals surface area contributed by atoms with Crippen molar-refractivity contribution in [3.8, 4) is 5.75 Å². The molecule has 0 N–H and O–H groups in total. The van der Waals surface area contributed by atoms with Crippen LogP contribution in [0.4, 0.5) is 14.5 Å². The zero-order chi connectivity index (χ0) is 20.7. The van der Waals surface area contributed by atoms with Gasteiger partial charge in [-0.05, 0) is 18.6 Å². The highest BCUT2D eigenvalue weighted by Gasteiger charge is 2.37. The minimum Gasteiger partial charge on any atom is -0.478 e. The number of rotatable bonds is 4. The molecular formula is C20H16F2N2O4S. The lowest BCUT2D eigenvalue weighted by Crippen LogP contribution is -2.46. The van der Waals surface area contributed by atoms with Crippen LogP contribution in [0.5, 0.6) is 5.75 Å². The van der Waals surface area contributed by atoms with Crippen molar-refractivity contribution in [2.45, 2.75) is 26.0 Å². The molecule has 0 saturated heterocycles. The second-order valence-corrected chi connectivity index (χ2v) is 7.66. The van der Waals surface area contributed by atoms with Gasteiger partial charge in [0.25, 0.3) is 5.91 Å². The van der Waals surface area contributed by atoms with Crippen molar-refractivity contribution in [1.29, 1.82) is 0 Å². The summed E-state index contributed by atoms with van der Waals surface area (Å²) in [5.74, 6) is -1.96. The molecule has 0 aliphatic carbocycles. The Morgan fingerprint density at radius 1 is 1.34 bits per heavy atom. The molecule has 1 aromatic heterocycles. The van der Waals surface area contributed by atoms with Gasteiger partial charge < -0.3 is 9.47 Å². The predicted molar refractivity (Wildman–Crippen MR) is 103 cm³/mol. The number of carbonyl (C=O) groups is 2. The second-order valence-electron chi connectivity index (χ2n) is 6.58. The molecule has 150 valence electrons. The fourth-order valence-electron chi connectivity index (χ4n) is 3.29. The predicted octanol–water partition coefficient (Wildman–Crippen LogP) is 3.74. The molecule has 1 amide bonds. The molecule has 0 radical (unpaired) electrons. The number of amides is 1. The molecule has 0 fully saturated rings. The van der Waals surface area contributed by atoms with Crippen LogP contribution in [0, 0.1) is 18.6 Å². The first-order valence-electron chi connectivity index (χ1n) is 8.76. The number of ether oxygens (including phenoxy) is 2. The first kappa shape index (κ1) is 19.3. The zero-order valence-electron chi connectivity index (χ0n) is 15.6. The van der Waals surface area contributed by atoms with Crippen LogP contribution < -0.4 is 9.64 Å². The zero-order valence-corrected chi connectivity index (χ0v) is 16.4. The molecule has 3 aromatic rings. The van der Waals surface area contributed by atoms with Crippen LogP contribution in [0.15, 0.2) is 30.3 Å². The second kappa shape index (κ2) is 7.40. The normalized spacial score (nSPS) is 15.9. The summed E-state index contributed by atoms with van der Waals surface area (Å²) in [5.41, 5.74) is 1.55. The van der Waals surface area contributed by atoms with Crippen molar-refractivity contribution in [3.05, 3.63) is 52.5 Å². The summed E-state index contributed by atoms with van der Waals surface area (Å²) in [5, 5.41) is 0.436. The van der Waals surface area contributed by atoms with E-state index in [4.69, 9.17) is 4.74 Å². The Morgan fingerprint density at radius 3 is 2.90 bits per heavy atom. The molecule has 0 saturated carbocycles. The smallest absolute Gasteiger partial charge is 0.309 e. The summed E-state index contributed by atoms with van der Waals surface area (Å²) in [4.78, 5) is 30.5. The summed E-state index contributed by atoms with van der Waals surface area (Å²) >= 11 is 1.05. The third-order valence-electron chi connectivity index (χ3n) is 4.61. The van der Waals surface area contributed by atoms with Gasteiger partial charge in [-0.3, -0.25) is 14.5 Å². The van der Waals surface area contributed by atoms with Crippen molar-refractivity contribution in [2.24, 2.45) is 0 Å². The summed E-state index contributed by atoms with van der Waals surface area (Å²) < 4.78 is 38.1. The van der Waals surface area contributed by atoms with E-state index in [1.54, 1.807) is 12.1 Å². The Bertz CT molecular complexity index is 1130. The maximum atomic E-state index is 14.0. The lowest BCUT2D eigenvalue weighted by atomic mass is 10.1. The molecule has 1 atom stereocenters. The Kier molecular flexibility index (Phi) is 4.91. The molecule has 0 bridgehead atoms. The van der Waals surface area contributed by atoms with Gasteiger partial charge in [-0.25, -0.2) is 13.8 Å². The Balaban J connectivity index is 1.74. The Morgan fingerprint density at radius 2 is 2.14 bits per heavy atom. The van der Waals surface area contributed by atoms with Crippen molar-refractivity contribution in [3.63, 3.8) is 0 Å². The maximum Gasteiger partial charge on any atom is 0.309 e. The molecule has 2 heterocycles. The van der Waals surface area contributed by atoms with Gasteiger partial charge in [0.05, 0.1) is 36.0 Å². The number of aromatic nitrogens is 1. The van der Waals surface area contributed by atoms with Crippen LogP contribution in [0.3, 0.4) is 0 Å². The van der Waals surface area contributed by atoms with Crippen molar-refractivity contribution in [1.82, 2.24) is 4.98 Å². The van der Waals surface area contributed by atoms with Gasteiger partial charge >= 0.3 is 5.97 Å². The third-order valence-corrected chi connectivity index (χ3v) is 5.67. The number of halogens is 2. The number of benzene rings is 2. The van der Waals surface area contributed by atoms with Gasteiger partial charge in [0.2, 0.25) is 0 Å². The largest absolute Gasteiger partial charge is 0.478 e. The van der Waals surface area contributed by atoms with Crippen LogP contribution in [0.25, 0.3) is 10.2 Å². The average molecular weight is 418 g/mol. The van der Waals surface area contributed by atoms with Gasteiger partial charge in [0.15, 0.2) is 6.10 Å². The number of esters is 1. The van der Waals surface area contributed by atoms with Gasteiger partial charge in [-0.2, -0.15) is 0 Å². The number of carbonyl (C=O) groups excluding carboxylic acids is 2. The van der Waals surface area contributed by atoms with E-state index in [0.29, 0.717) is 16.4 Å². The van der Waals surface area contributed by atoms with Crippen molar-refractivity contribution < 1.29 is 27.8 Å². The quantitative estimate of drug-likeness (QED) is 0.604. The van der Waals surface area contributed by atoms with Crippen LogP contribution >= 0.6 is 11.3 Å². The lowest BCUT2D eigenvalue weighted by molar-refractivity contribution is -0.145. The molecule has 29 heavy (non-hydrogen) atoms. The van der Waals surface area contributed by atoms with E-state index in [0.717, 1.165) is 29.0 Å². The first-order valence-corrected chi connectivity index (χ1v) is 9.58. The number of aryl methyl sites for hydroxylation is 1. The monoisotopic (exact) mass is 418 g/mol. The van der Waals surface area contributed by atoms with Gasteiger partial charge in [-0.1, -0.05) is 12.1 Å². The molecule has 1 aliphatic rings. The van der Waals surface area contributed by atoms with Gasteiger partial charge in [0.1, 0.15) is 22.4 Å². The highest BCUT2D eigenvalue weighted by molar-refractivity contribution is 7.18. The van der Waals surface area contributed by atoms with E-state index in [1.807, 2.05) is 13.0 Å². The molecule has 0 spiro atoms. The van der Waals surface area contributed by atoms with Gasteiger partial charge in [-0.15, -0.1) is 11.3 Å². The standard InChI is InChI=1S/C20H16F2N2O4S/c1-10-4-3-5-14-18(10)24(20(26)15(28-14)8-17(25)27-2)9-16-23-13-7-11(21)6-12(22)19(13)29-16/h3-7,15H,8-9H2,1-2H3. The molecule has 6 nitrogen and oxygen atoms in total. The van der Waals surface area contributed by atoms with E-state index in [9.17, 15) is 18.4 Å². The number of para-hydroxylation sites is 1. The third kappa shape index (κ3) is 3.53. The number of anilines is 1. The van der Waals surface area contributed by atoms with E-state index in [-0.39, 0.29) is 23.2 Å². The number of nitrogens with zero attached hydrogens (tertiary/aromatic N) is 2. The highest BCUT2D eigenvalue weighted by atomic mass is 32.1. The molecule has 2 aromatic carbocycles. The summed E-state index contributed by atoms with van der Waals surface area (Å²) in [7, 11) is 1.24. The molecule has 4 rings (SSSR count). The topological polar surface area (TPSA) is 68.7 Å². The molecule has 9 heteroatoms. The molecular weight excluding hydrogens is 402 g/mol. The number of fused-ring (bicyclic) bond motifs is 2. The van der Waals surface area contributed by atoms with E-state index >= 15 is 0 Å². The van der Waals surface area contributed by atoms with Crippen molar-refractivity contribution >= 4 is 39.1 Å². The highest BCUT2D eigenvalue weighted by Crippen LogP contribution is 2.39. The van der Waals surface area contributed by atoms with E-state index < -0.39 is 29.6 Å². The Labute approximate surface area is 168 Å². The molecule has 1 aliphatic heterocycles. The SMILES string of the molecule is COC(=O)CC1Oc2cccc(C)c2N(Cc2nc3cc(F)cc(F)c3s2)C1=O. The van der Waals surface area contributed by atoms with E-state index in [2.05, 4.69) is 9.72 Å². The first-order chi connectivity index (χ1) is 13.9. The number of hydrogen-bond acceptors (Lipinski definition) is 6. The molecule has 1 unspecified atom stereocenters. The Hall–Kier alpha value is -3.07. The summed E-state index contributed by atoms with van der Waals surface area (Å²) in [6.07, 6.45) is -1.28. The number of methoxy groups -OCH3 is 1. The minimum absolute atomic E-state index is 0.0398. The van der Waals surface area contributed by atoms with Gasteiger partial charge in [0, 0.05) is 12.1 Å². The van der Waals surface area contributed by atoms with Crippen LogP contribution in [0.1, 0.15) is 17.0 Å². The fourth-order valence-corrected chi connectivity index (χ4v) is 4.23. The lowest BCUT2D eigenvalue weighted by Gasteiger charge is -2.34. The average Bonchev–Trinajstić information content (AvgIpc) is 3.07. The van der Waals surface area contributed by atoms with Crippen molar-refractivity contribution in [2.75, 3.05) is 12.0 Å². The number of thiazole rings is 1. The van der Waals surface area contributed by atoms with Crippen LogP contribution in [-0.4, -0.2) is 30.1 Å². The summed E-state index contributed by atoms with van der Waals surface area (Å²) in [6.45, 7) is 1.87. The maximum absolute atomic E-state index is 14.0. The van der Waals surface area contributed by atoms with E-state index in [1.165, 1.54) is 12.0 Å². The number of hydrogen-bond donors (Lipinski definition) is 0. The van der Waals surface area contributed by atoms with Crippen LogP contribution in [0.2, 0.25) is 0 Å².